The summed E-state index contributed by atoms with van der Waals surface area (Å²) >= 11 is 3.14. The van der Waals surface area contributed by atoms with Gasteiger partial charge in [0.25, 0.3) is 5.91 Å². The summed E-state index contributed by atoms with van der Waals surface area (Å²) in [4.78, 5) is 25.0. The standard InChI is InChI=1S/C22H15BrF3NO4/c23-18-11-9-17(30-18)10-12-19(28)31-20(14-5-2-1-3-6-14)21(29)27-16-8-4-7-15(13-16)22(24,25)26/h1-13,20H,(H,27,29)/b12-10+/t20-/m1/s1. The monoisotopic (exact) mass is 493 g/mol. The Morgan fingerprint density at radius 2 is 1.77 bits per heavy atom. The predicted octanol–water partition coefficient (Wildman–Crippen LogP) is 6.00. The number of amides is 1. The zero-order chi connectivity index (χ0) is 22.4. The number of alkyl halides is 3. The molecule has 2 aromatic carbocycles. The van der Waals surface area contributed by atoms with Crippen molar-refractivity contribution in [3.8, 4) is 0 Å². The lowest BCUT2D eigenvalue weighted by Crippen LogP contribution is -2.25. The average Bonchev–Trinajstić information content (AvgIpc) is 3.16. The van der Waals surface area contributed by atoms with Gasteiger partial charge in [-0.2, -0.15) is 13.2 Å². The smallest absolute Gasteiger partial charge is 0.416 e. The summed E-state index contributed by atoms with van der Waals surface area (Å²) in [7, 11) is 0. The zero-order valence-corrected chi connectivity index (χ0v) is 17.3. The van der Waals surface area contributed by atoms with Crippen LogP contribution in [0.2, 0.25) is 0 Å². The van der Waals surface area contributed by atoms with Gasteiger partial charge in [0.2, 0.25) is 6.10 Å². The second-order valence-corrected chi connectivity index (χ2v) is 7.05. The van der Waals surface area contributed by atoms with E-state index in [1.165, 1.54) is 18.2 Å². The molecule has 1 atom stereocenters. The first-order valence-corrected chi connectivity index (χ1v) is 9.69. The number of hydrogen-bond acceptors (Lipinski definition) is 4. The fourth-order valence-corrected chi connectivity index (χ4v) is 2.92. The molecule has 3 rings (SSSR count). The second kappa shape index (κ2) is 9.65. The van der Waals surface area contributed by atoms with Crippen molar-refractivity contribution < 1.29 is 31.9 Å². The molecule has 3 aromatic rings. The summed E-state index contributed by atoms with van der Waals surface area (Å²) in [5.41, 5.74) is -0.631. The number of esters is 1. The van der Waals surface area contributed by atoms with Crippen LogP contribution in [0.1, 0.15) is 23.0 Å². The van der Waals surface area contributed by atoms with Crippen LogP contribution < -0.4 is 5.32 Å². The molecular weight excluding hydrogens is 479 g/mol. The van der Waals surface area contributed by atoms with E-state index in [1.54, 1.807) is 42.5 Å². The SMILES string of the molecule is O=C(/C=C/c1ccc(Br)o1)O[C@@H](C(=O)Nc1cccc(C(F)(F)F)c1)c1ccccc1. The van der Waals surface area contributed by atoms with Crippen LogP contribution in [0.25, 0.3) is 6.08 Å². The van der Waals surface area contributed by atoms with Gasteiger partial charge in [-0.05, 0) is 52.3 Å². The topological polar surface area (TPSA) is 68.5 Å². The predicted molar refractivity (Wildman–Crippen MR) is 111 cm³/mol. The molecule has 1 heterocycles. The molecule has 1 amide bonds. The van der Waals surface area contributed by atoms with Crippen LogP contribution >= 0.6 is 15.9 Å². The Kier molecular flexibility index (Phi) is 6.96. The van der Waals surface area contributed by atoms with Gasteiger partial charge >= 0.3 is 12.1 Å². The minimum Gasteiger partial charge on any atom is -0.450 e. The highest BCUT2D eigenvalue weighted by atomic mass is 79.9. The number of rotatable bonds is 6. The molecule has 0 aliphatic rings. The lowest BCUT2D eigenvalue weighted by molar-refractivity contribution is -0.149. The van der Waals surface area contributed by atoms with E-state index in [1.807, 2.05) is 0 Å². The maximum absolute atomic E-state index is 12.9. The van der Waals surface area contributed by atoms with Crippen molar-refractivity contribution in [2.75, 3.05) is 5.32 Å². The van der Waals surface area contributed by atoms with Crippen molar-refractivity contribution in [2.45, 2.75) is 12.3 Å². The van der Waals surface area contributed by atoms with Crippen molar-refractivity contribution in [1.29, 1.82) is 0 Å². The first-order chi connectivity index (χ1) is 14.7. The summed E-state index contributed by atoms with van der Waals surface area (Å²) in [5.74, 6) is -1.25. The van der Waals surface area contributed by atoms with Gasteiger partial charge in [0.05, 0.1) is 5.56 Å². The second-order valence-electron chi connectivity index (χ2n) is 6.27. The van der Waals surface area contributed by atoms with E-state index >= 15 is 0 Å². The van der Waals surface area contributed by atoms with Gasteiger partial charge < -0.3 is 14.5 Å². The van der Waals surface area contributed by atoms with Gasteiger partial charge in [-0.25, -0.2) is 4.79 Å². The molecule has 0 unspecified atom stereocenters. The molecule has 1 N–H and O–H groups in total. The van der Waals surface area contributed by atoms with Gasteiger partial charge in [-0.3, -0.25) is 4.79 Å². The summed E-state index contributed by atoms with van der Waals surface area (Å²) in [6.45, 7) is 0. The largest absolute Gasteiger partial charge is 0.450 e. The Labute approximate surface area is 183 Å². The van der Waals surface area contributed by atoms with Gasteiger partial charge in [0, 0.05) is 17.3 Å². The van der Waals surface area contributed by atoms with E-state index < -0.39 is 29.7 Å². The van der Waals surface area contributed by atoms with Crippen molar-refractivity contribution in [1.82, 2.24) is 0 Å². The Hall–Kier alpha value is -3.33. The van der Waals surface area contributed by atoms with Crippen LogP contribution in [0, 0.1) is 0 Å². The number of carbonyl (C=O) groups is 2. The summed E-state index contributed by atoms with van der Waals surface area (Å²) in [6, 6.07) is 15.6. The highest BCUT2D eigenvalue weighted by molar-refractivity contribution is 9.10. The maximum atomic E-state index is 12.9. The van der Waals surface area contributed by atoms with E-state index in [0.29, 0.717) is 16.0 Å². The molecule has 31 heavy (non-hydrogen) atoms. The van der Waals surface area contributed by atoms with Gasteiger partial charge in [0.15, 0.2) is 4.67 Å². The van der Waals surface area contributed by atoms with Crippen LogP contribution in [-0.2, 0) is 20.5 Å². The number of anilines is 1. The quantitative estimate of drug-likeness (QED) is 0.337. The van der Waals surface area contributed by atoms with Gasteiger partial charge in [-0.1, -0.05) is 36.4 Å². The van der Waals surface area contributed by atoms with Crippen molar-refractivity contribution >= 4 is 39.6 Å². The van der Waals surface area contributed by atoms with Crippen LogP contribution in [0.4, 0.5) is 18.9 Å². The van der Waals surface area contributed by atoms with Crippen LogP contribution in [-0.4, -0.2) is 11.9 Å². The van der Waals surface area contributed by atoms with Crippen LogP contribution in [0.15, 0.2) is 81.9 Å². The Balaban J connectivity index is 1.78. The van der Waals surface area contributed by atoms with E-state index in [9.17, 15) is 22.8 Å². The maximum Gasteiger partial charge on any atom is 0.416 e. The summed E-state index contributed by atoms with van der Waals surface area (Å²) in [6.07, 6.45) is -3.49. The number of benzene rings is 2. The lowest BCUT2D eigenvalue weighted by atomic mass is 10.1. The van der Waals surface area contributed by atoms with Gasteiger partial charge in [0.1, 0.15) is 5.76 Å². The van der Waals surface area contributed by atoms with Crippen molar-refractivity contribution in [3.05, 3.63) is 94.4 Å². The molecule has 160 valence electrons. The number of furan rings is 1. The average molecular weight is 494 g/mol. The minimum absolute atomic E-state index is 0.0761. The molecule has 5 nitrogen and oxygen atoms in total. The zero-order valence-electron chi connectivity index (χ0n) is 15.7. The fourth-order valence-electron chi connectivity index (χ4n) is 2.61. The molecule has 0 spiro atoms. The Morgan fingerprint density at radius 1 is 1.03 bits per heavy atom. The molecule has 0 radical (unpaired) electrons. The highest BCUT2D eigenvalue weighted by Crippen LogP contribution is 2.31. The molecule has 0 bridgehead atoms. The molecule has 0 saturated carbocycles. The first-order valence-electron chi connectivity index (χ1n) is 8.89. The Morgan fingerprint density at radius 3 is 2.42 bits per heavy atom. The van der Waals surface area contributed by atoms with Crippen LogP contribution in [0.3, 0.4) is 0 Å². The number of nitrogens with one attached hydrogen (secondary N) is 1. The van der Waals surface area contributed by atoms with E-state index in [-0.39, 0.29) is 5.69 Å². The van der Waals surface area contributed by atoms with E-state index in [0.717, 1.165) is 18.2 Å². The molecule has 0 fully saturated rings. The van der Waals surface area contributed by atoms with Gasteiger partial charge in [-0.15, -0.1) is 0 Å². The van der Waals surface area contributed by atoms with E-state index in [4.69, 9.17) is 9.15 Å². The first kappa shape index (κ1) is 22.4. The fraction of sp³-hybridized carbons (Fsp3) is 0.0909. The normalized spacial score (nSPS) is 12.5. The van der Waals surface area contributed by atoms with Crippen LogP contribution in [0.5, 0.6) is 0 Å². The third-order valence-electron chi connectivity index (χ3n) is 4.01. The molecule has 0 saturated heterocycles. The van der Waals surface area contributed by atoms with E-state index in [2.05, 4.69) is 21.2 Å². The third-order valence-corrected chi connectivity index (χ3v) is 4.44. The number of hydrogen-bond donors (Lipinski definition) is 1. The van der Waals surface area contributed by atoms with Crippen molar-refractivity contribution in [3.63, 3.8) is 0 Å². The highest BCUT2D eigenvalue weighted by Gasteiger charge is 2.31. The number of carbonyl (C=O) groups excluding carboxylic acids is 2. The van der Waals surface area contributed by atoms with Crippen molar-refractivity contribution in [2.24, 2.45) is 0 Å². The minimum atomic E-state index is -4.56. The third kappa shape index (κ3) is 6.32. The molecule has 0 aliphatic heterocycles. The Bertz CT molecular complexity index is 1090. The number of halogens is 4. The summed E-state index contributed by atoms with van der Waals surface area (Å²) < 4.78 is 49.8. The molecule has 1 aromatic heterocycles. The number of ether oxygens (including phenoxy) is 1. The molecule has 0 aliphatic carbocycles. The summed E-state index contributed by atoms with van der Waals surface area (Å²) in [5, 5.41) is 2.37. The lowest BCUT2D eigenvalue weighted by Gasteiger charge is -2.18. The molecule has 9 heteroatoms. The molecular formula is C22H15BrF3NO4.